The summed E-state index contributed by atoms with van der Waals surface area (Å²) >= 11 is 6.64. The van der Waals surface area contributed by atoms with E-state index in [-0.39, 0.29) is 44.5 Å². The lowest BCUT2D eigenvalue weighted by atomic mass is 9.70. The number of rotatable bonds is 16. The molecule has 256 valence electrons. The number of anilines is 1. The highest BCUT2D eigenvalue weighted by molar-refractivity contribution is 6.34. The van der Waals surface area contributed by atoms with Gasteiger partial charge in [0, 0.05) is 26.1 Å². The standard InChI is InChI=1S/C37H44ClN3O7/c1-4-6-17-29(43)47-23-27(25-14-8-7-9-15-25)39-34(44)30-28-18-19-37(48-28)31(30)35(45)41(21-10-11-22-42)33(37)36(46)40(20-5-2)32-24(3)13-12-16-26(32)38/h4-5,7-9,12-16,27-28,30-31,33,42H,1-2,6,10-11,17-23H2,3H3,(H,39,44)/t27-,28+,30-,31-,33+,37-/m0/s1. The first-order valence-electron chi connectivity index (χ1n) is 16.6. The molecule has 0 radical (unpaired) electrons. The highest BCUT2D eigenvalue weighted by Gasteiger charge is 2.74. The fourth-order valence-electron chi connectivity index (χ4n) is 7.54. The van der Waals surface area contributed by atoms with Crippen LogP contribution in [0.1, 0.15) is 55.7 Å². The second-order valence-electron chi connectivity index (χ2n) is 12.6. The minimum Gasteiger partial charge on any atom is -0.463 e. The van der Waals surface area contributed by atoms with Crippen LogP contribution in [-0.2, 0) is 28.7 Å². The normalized spacial score (nSPS) is 24.6. The summed E-state index contributed by atoms with van der Waals surface area (Å²) in [6.07, 6.45) is 5.16. The van der Waals surface area contributed by atoms with Crippen LogP contribution in [0.2, 0.25) is 5.02 Å². The molecule has 0 aliphatic carbocycles. The van der Waals surface area contributed by atoms with Crippen molar-refractivity contribution < 1.29 is 33.8 Å². The molecule has 3 saturated heterocycles. The number of amides is 3. The van der Waals surface area contributed by atoms with Crippen LogP contribution < -0.4 is 10.2 Å². The molecule has 2 N–H and O–H groups in total. The van der Waals surface area contributed by atoms with Gasteiger partial charge in [-0.05, 0) is 56.2 Å². The molecule has 1 spiro atoms. The minimum atomic E-state index is -1.23. The Balaban J connectivity index is 1.47. The first kappa shape index (κ1) is 35.3. The van der Waals surface area contributed by atoms with Gasteiger partial charge in [0.1, 0.15) is 18.2 Å². The van der Waals surface area contributed by atoms with Gasteiger partial charge in [0.25, 0.3) is 5.91 Å². The number of halogens is 1. The number of allylic oxidation sites excluding steroid dienone is 1. The lowest BCUT2D eigenvalue weighted by Gasteiger charge is -2.37. The average molecular weight is 678 g/mol. The second kappa shape index (κ2) is 15.5. The largest absolute Gasteiger partial charge is 0.463 e. The molecule has 3 aliphatic rings. The number of esters is 1. The number of benzene rings is 2. The van der Waals surface area contributed by atoms with Gasteiger partial charge in [-0.2, -0.15) is 0 Å². The number of ether oxygens (including phenoxy) is 2. The van der Waals surface area contributed by atoms with Crippen molar-refractivity contribution in [2.75, 3.05) is 31.2 Å². The summed E-state index contributed by atoms with van der Waals surface area (Å²) < 4.78 is 12.2. The summed E-state index contributed by atoms with van der Waals surface area (Å²) in [7, 11) is 0. The van der Waals surface area contributed by atoms with Crippen LogP contribution in [0, 0.1) is 18.8 Å². The molecule has 3 heterocycles. The summed E-state index contributed by atoms with van der Waals surface area (Å²) in [6, 6.07) is 12.9. The number of nitrogens with zero attached hydrogens (tertiary/aromatic N) is 2. The van der Waals surface area contributed by atoms with Crippen molar-refractivity contribution in [2.24, 2.45) is 11.8 Å². The number of aliphatic hydroxyl groups excluding tert-OH is 1. The third kappa shape index (κ3) is 6.79. The van der Waals surface area contributed by atoms with Crippen molar-refractivity contribution in [3.8, 4) is 0 Å². The fourth-order valence-corrected chi connectivity index (χ4v) is 7.87. The van der Waals surface area contributed by atoms with Crippen molar-refractivity contribution in [2.45, 2.75) is 69.2 Å². The first-order chi connectivity index (χ1) is 23.2. The molecule has 2 aromatic rings. The summed E-state index contributed by atoms with van der Waals surface area (Å²) in [5.74, 6) is -3.25. The number of aryl methyl sites for hydroxylation is 1. The molecular formula is C37H44ClN3O7. The molecular weight excluding hydrogens is 634 g/mol. The number of likely N-dealkylation sites (tertiary alicyclic amines) is 1. The highest BCUT2D eigenvalue weighted by Crippen LogP contribution is 2.59. The Hall–Kier alpha value is -3.99. The summed E-state index contributed by atoms with van der Waals surface area (Å²) in [5.41, 5.74) is 0.831. The Morgan fingerprint density at radius 2 is 1.94 bits per heavy atom. The average Bonchev–Trinajstić information content (AvgIpc) is 3.72. The van der Waals surface area contributed by atoms with Gasteiger partial charge in [0.15, 0.2) is 0 Å². The van der Waals surface area contributed by atoms with Crippen LogP contribution in [-0.4, -0.2) is 77.7 Å². The van der Waals surface area contributed by atoms with E-state index in [0.29, 0.717) is 42.8 Å². The maximum atomic E-state index is 14.8. The van der Waals surface area contributed by atoms with Gasteiger partial charge < -0.3 is 29.7 Å². The molecule has 0 unspecified atom stereocenters. The molecule has 0 saturated carbocycles. The maximum Gasteiger partial charge on any atom is 0.306 e. The van der Waals surface area contributed by atoms with Crippen molar-refractivity contribution in [3.05, 3.63) is 90.0 Å². The van der Waals surface area contributed by atoms with Gasteiger partial charge in [0.05, 0.1) is 34.7 Å². The van der Waals surface area contributed by atoms with E-state index < -0.39 is 47.5 Å². The number of fused-ring (bicyclic) bond motifs is 1. The molecule has 10 nitrogen and oxygen atoms in total. The van der Waals surface area contributed by atoms with E-state index in [1.54, 1.807) is 28.0 Å². The van der Waals surface area contributed by atoms with E-state index in [1.165, 1.54) is 0 Å². The summed E-state index contributed by atoms with van der Waals surface area (Å²) in [4.78, 5) is 58.9. The highest BCUT2D eigenvalue weighted by atomic mass is 35.5. The molecule has 48 heavy (non-hydrogen) atoms. The Labute approximate surface area is 286 Å². The van der Waals surface area contributed by atoms with Gasteiger partial charge in [0.2, 0.25) is 11.8 Å². The lowest BCUT2D eigenvalue weighted by Crippen LogP contribution is -2.56. The van der Waals surface area contributed by atoms with Crippen LogP contribution in [0.15, 0.2) is 73.8 Å². The number of para-hydroxylation sites is 1. The van der Waals surface area contributed by atoms with E-state index in [1.807, 2.05) is 49.4 Å². The third-order valence-corrected chi connectivity index (χ3v) is 9.97. The SMILES string of the molecule is C=CCCC(=O)OC[C@H](NC(=O)[C@@H]1[C@H]2C(=O)N(CCCCO)[C@H](C(=O)N(CC=C)c3c(C)cccc3Cl)[C@]23CC[C@H]1O3)c1ccccc1. The molecule has 3 fully saturated rings. The Morgan fingerprint density at radius 3 is 2.62 bits per heavy atom. The topological polar surface area (TPSA) is 125 Å². The van der Waals surface area contributed by atoms with Crippen LogP contribution in [0.5, 0.6) is 0 Å². The lowest BCUT2D eigenvalue weighted by molar-refractivity contribution is -0.146. The molecule has 3 aliphatic heterocycles. The Kier molecular flexibility index (Phi) is 11.4. The van der Waals surface area contributed by atoms with Gasteiger partial charge in [-0.25, -0.2) is 0 Å². The van der Waals surface area contributed by atoms with Crippen LogP contribution in [0.25, 0.3) is 0 Å². The number of hydrogen-bond donors (Lipinski definition) is 2. The zero-order chi connectivity index (χ0) is 34.4. The zero-order valence-corrected chi connectivity index (χ0v) is 28.1. The number of carbonyl (C=O) groups excluding carboxylic acids is 4. The van der Waals surface area contributed by atoms with Crippen molar-refractivity contribution in [3.63, 3.8) is 0 Å². The summed E-state index contributed by atoms with van der Waals surface area (Å²) in [6.45, 7) is 9.59. The fraction of sp³-hybridized carbons (Fsp3) is 0.459. The van der Waals surface area contributed by atoms with Gasteiger partial charge >= 0.3 is 5.97 Å². The number of aliphatic hydroxyl groups is 1. The minimum absolute atomic E-state index is 0.0563. The second-order valence-corrected chi connectivity index (χ2v) is 13.1. The smallest absolute Gasteiger partial charge is 0.306 e. The quantitative estimate of drug-likeness (QED) is 0.150. The van der Waals surface area contributed by atoms with Gasteiger partial charge in [-0.15, -0.1) is 13.2 Å². The number of hydrogen-bond acceptors (Lipinski definition) is 7. The van der Waals surface area contributed by atoms with E-state index >= 15 is 0 Å². The number of unbranched alkanes of at least 4 members (excludes halogenated alkanes) is 1. The summed E-state index contributed by atoms with van der Waals surface area (Å²) in [5, 5.41) is 13.0. The third-order valence-electron chi connectivity index (χ3n) is 9.66. The molecule has 2 aromatic carbocycles. The van der Waals surface area contributed by atoms with Crippen molar-refractivity contribution in [1.29, 1.82) is 0 Å². The van der Waals surface area contributed by atoms with Crippen LogP contribution in [0.4, 0.5) is 5.69 Å². The Morgan fingerprint density at radius 1 is 1.17 bits per heavy atom. The van der Waals surface area contributed by atoms with E-state index in [9.17, 15) is 24.3 Å². The predicted molar refractivity (Wildman–Crippen MR) is 182 cm³/mol. The number of carbonyl (C=O) groups is 4. The first-order valence-corrected chi connectivity index (χ1v) is 16.9. The van der Waals surface area contributed by atoms with Crippen LogP contribution >= 0.6 is 11.6 Å². The van der Waals surface area contributed by atoms with E-state index in [2.05, 4.69) is 18.5 Å². The van der Waals surface area contributed by atoms with E-state index in [0.717, 1.165) is 11.1 Å². The van der Waals surface area contributed by atoms with Crippen LogP contribution in [0.3, 0.4) is 0 Å². The van der Waals surface area contributed by atoms with Crippen molar-refractivity contribution in [1.82, 2.24) is 10.2 Å². The maximum absolute atomic E-state index is 14.8. The molecule has 11 heteroatoms. The molecule has 0 aromatic heterocycles. The van der Waals surface area contributed by atoms with Gasteiger partial charge in [-0.3, -0.25) is 19.2 Å². The molecule has 5 rings (SSSR count). The predicted octanol–water partition coefficient (Wildman–Crippen LogP) is 4.68. The molecule has 2 bridgehead atoms. The van der Waals surface area contributed by atoms with Gasteiger partial charge in [-0.1, -0.05) is 66.2 Å². The Bertz CT molecular complexity index is 1510. The number of nitrogens with one attached hydrogen (secondary N) is 1. The van der Waals surface area contributed by atoms with Crippen molar-refractivity contribution >= 4 is 41.0 Å². The van der Waals surface area contributed by atoms with E-state index in [4.69, 9.17) is 21.1 Å². The zero-order valence-electron chi connectivity index (χ0n) is 27.3. The monoisotopic (exact) mass is 677 g/mol. The molecule has 3 amide bonds. The molecule has 6 atom stereocenters.